The highest BCUT2D eigenvalue weighted by molar-refractivity contribution is 5.76. The molecule has 1 unspecified atom stereocenters. The summed E-state index contributed by atoms with van der Waals surface area (Å²) in [5.74, 6) is 2.54. The molecule has 0 saturated carbocycles. The van der Waals surface area contributed by atoms with Gasteiger partial charge in [-0.05, 0) is 64.3 Å². The number of aromatic nitrogens is 2. The van der Waals surface area contributed by atoms with E-state index in [4.69, 9.17) is 14.0 Å². The number of hydrogen-bond acceptors (Lipinski definition) is 8. The summed E-state index contributed by atoms with van der Waals surface area (Å²) in [4.78, 5) is 19.2. The van der Waals surface area contributed by atoms with Gasteiger partial charge in [0.2, 0.25) is 11.8 Å². The third-order valence-corrected chi connectivity index (χ3v) is 6.25. The van der Waals surface area contributed by atoms with E-state index >= 15 is 0 Å². The van der Waals surface area contributed by atoms with Crippen molar-refractivity contribution in [1.82, 2.24) is 20.4 Å². The molecule has 0 aromatic carbocycles. The van der Waals surface area contributed by atoms with Gasteiger partial charge < -0.3 is 29.3 Å². The topological polar surface area (TPSA) is 110 Å². The lowest BCUT2D eigenvalue weighted by molar-refractivity contribution is -0.123. The minimum absolute atomic E-state index is 0.0353. The lowest BCUT2D eigenvalue weighted by atomic mass is 9.88. The van der Waals surface area contributed by atoms with Crippen molar-refractivity contribution in [2.75, 3.05) is 32.8 Å². The zero-order valence-corrected chi connectivity index (χ0v) is 18.8. The van der Waals surface area contributed by atoms with E-state index < -0.39 is 6.10 Å². The number of carbonyl (C=O) groups is 1. The summed E-state index contributed by atoms with van der Waals surface area (Å²) < 4.78 is 16.4. The number of nitrogens with zero attached hydrogens (tertiary/aromatic N) is 3. The Hall–Kier alpha value is -2.39. The molecule has 1 aliphatic carbocycles. The van der Waals surface area contributed by atoms with Gasteiger partial charge in [0.05, 0.1) is 12.1 Å². The first-order chi connectivity index (χ1) is 15.6. The van der Waals surface area contributed by atoms with Crippen molar-refractivity contribution in [3.05, 3.63) is 35.4 Å². The highest BCUT2D eigenvalue weighted by Gasteiger charge is 2.33. The number of fused-ring (bicyclic) bond motifs is 1. The minimum atomic E-state index is -0.697. The summed E-state index contributed by atoms with van der Waals surface area (Å²) in [5, 5.41) is 18.1. The first-order valence-electron chi connectivity index (χ1n) is 11.8. The molecule has 32 heavy (non-hydrogen) atoms. The smallest absolute Gasteiger partial charge is 0.226 e. The van der Waals surface area contributed by atoms with Crippen LogP contribution in [0.4, 0.5) is 0 Å². The first kappa shape index (κ1) is 22.8. The summed E-state index contributed by atoms with van der Waals surface area (Å²) in [7, 11) is 0. The maximum Gasteiger partial charge on any atom is 0.226 e. The normalized spacial score (nSPS) is 22.8. The van der Waals surface area contributed by atoms with Gasteiger partial charge in [-0.3, -0.25) is 4.79 Å². The summed E-state index contributed by atoms with van der Waals surface area (Å²) >= 11 is 0. The maximum absolute atomic E-state index is 12.7. The van der Waals surface area contributed by atoms with Crippen molar-refractivity contribution in [1.29, 1.82) is 0 Å². The largest absolute Gasteiger partial charge is 0.486 e. The fourth-order valence-electron chi connectivity index (χ4n) is 4.54. The maximum atomic E-state index is 12.7. The van der Waals surface area contributed by atoms with Crippen molar-refractivity contribution < 1.29 is 23.9 Å². The SMILES string of the molecule is Cc1noc(CCCCC(=O)N[C@@H](CN2CCCC2)[C@H](O)C2C=C3OCCOC3=CC2)n1. The summed E-state index contributed by atoms with van der Waals surface area (Å²) in [5.41, 5.74) is 0. The molecule has 3 heterocycles. The van der Waals surface area contributed by atoms with E-state index in [-0.39, 0.29) is 17.9 Å². The third-order valence-electron chi connectivity index (χ3n) is 6.25. The Morgan fingerprint density at radius 2 is 2.03 bits per heavy atom. The van der Waals surface area contributed by atoms with Crippen LogP contribution >= 0.6 is 0 Å². The average Bonchev–Trinajstić information content (AvgIpc) is 3.47. The fourth-order valence-corrected chi connectivity index (χ4v) is 4.54. The van der Waals surface area contributed by atoms with Crippen LogP contribution < -0.4 is 5.32 Å². The molecule has 2 fully saturated rings. The molecule has 176 valence electrons. The van der Waals surface area contributed by atoms with Gasteiger partial charge in [-0.1, -0.05) is 5.16 Å². The number of rotatable bonds is 10. The minimum Gasteiger partial charge on any atom is -0.486 e. The Morgan fingerprint density at radius 3 is 2.78 bits per heavy atom. The van der Waals surface area contributed by atoms with E-state index in [1.807, 2.05) is 12.2 Å². The van der Waals surface area contributed by atoms with Crippen LogP contribution in [0.5, 0.6) is 0 Å². The van der Waals surface area contributed by atoms with Gasteiger partial charge in [-0.25, -0.2) is 0 Å². The van der Waals surface area contributed by atoms with E-state index in [0.717, 1.165) is 44.5 Å². The molecule has 9 heteroatoms. The van der Waals surface area contributed by atoms with Gasteiger partial charge in [-0.2, -0.15) is 4.98 Å². The Labute approximate surface area is 188 Å². The summed E-state index contributed by atoms with van der Waals surface area (Å²) in [6.07, 6.45) is 8.83. The second-order valence-electron chi connectivity index (χ2n) is 8.81. The number of aliphatic hydroxyl groups is 1. The van der Waals surface area contributed by atoms with Gasteiger partial charge in [0.1, 0.15) is 13.2 Å². The van der Waals surface area contributed by atoms with Crippen molar-refractivity contribution in [2.45, 2.75) is 64.0 Å². The molecule has 3 atom stereocenters. The van der Waals surface area contributed by atoms with Gasteiger partial charge in [0.15, 0.2) is 17.3 Å². The first-order valence-corrected chi connectivity index (χ1v) is 11.8. The van der Waals surface area contributed by atoms with Crippen LogP contribution in [0.2, 0.25) is 0 Å². The van der Waals surface area contributed by atoms with Crippen molar-refractivity contribution in [2.24, 2.45) is 5.92 Å². The number of likely N-dealkylation sites (tertiary alicyclic amines) is 1. The predicted octanol–water partition coefficient (Wildman–Crippen LogP) is 1.87. The molecule has 3 aliphatic rings. The van der Waals surface area contributed by atoms with Crippen molar-refractivity contribution in [3.63, 3.8) is 0 Å². The Bertz CT molecular complexity index is 830. The molecule has 2 N–H and O–H groups in total. The van der Waals surface area contributed by atoms with Crippen LogP contribution in [-0.2, 0) is 20.7 Å². The number of ether oxygens (including phenoxy) is 2. The highest BCUT2D eigenvalue weighted by Crippen LogP contribution is 2.30. The number of amides is 1. The van der Waals surface area contributed by atoms with Gasteiger partial charge in [0.25, 0.3) is 0 Å². The van der Waals surface area contributed by atoms with Gasteiger partial charge in [0, 0.05) is 25.3 Å². The number of unbranched alkanes of at least 4 members (excludes halogenated alkanes) is 1. The molecule has 1 aromatic rings. The number of aliphatic hydroxyl groups excluding tert-OH is 1. The zero-order valence-electron chi connectivity index (χ0n) is 18.8. The number of aryl methyl sites for hydroxylation is 2. The standard InChI is InChI=1S/C23H34N4O5/c1-16-24-22(32-26-16)7-3-2-6-21(28)25-18(15-27-10-4-5-11-27)23(29)17-8-9-19-20(14-17)31-13-12-30-19/h9,14,17-18,23,29H,2-8,10-13,15H2,1H3,(H,25,28)/t17?,18-,23+/m0/s1. The fraction of sp³-hybridized carbons (Fsp3) is 0.696. The Kier molecular flexibility index (Phi) is 7.81. The summed E-state index contributed by atoms with van der Waals surface area (Å²) in [6.45, 7) is 5.53. The van der Waals surface area contributed by atoms with E-state index in [9.17, 15) is 9.90 Å². The number of carbonyl (C=O) groups excluding carboxylic acids is 1. The molecule has 0 bridgehead atoms. The molecule has 4 rings (SSSR count). The second-order valence-corrected chi connectivity index (χ2v) is 8.81. The number of nitrogens with one attached hydrogen (secondary N) is 1. The quantitative estimate of drug-likeness (QED) is 0.524. The van der Waals surface area contributed by atoms with Crippen LogP contribution in [-0.4, -0.2) is 71.0 Å². The predicted molar refractivity (Wildman–Crippen MR) is 116 cm³/mol. The van der Waals surface area contributed by atoms with E-state index in [1.54, 1.807) is 6.92 Å². The Morgan fingerprint density at radius 1 is 1.25 bits per heavy atom. The van der Waals surface area contributed by atoms with Crippen molar-refractivity contribution in [3.8, 4) is 0 Å². The Balaban J connectivity index is 1.30. The lowest BCUT2D eigenvalue weighted by Crippen LogP contribution is -2.52. The highest BCUT2D eigenvalue weighted by atomic mass is 16.6. The zero-order chi connectivity index (χ0) is 22.3. The van der Waals surface area contributed by atoms with Crippen LogP contribution in [0.15, 0.2) is 28.2 Å². The molecular weight excluding hydrogens is 412 g/mol. The molecule has 2 saturated heterocycles. The molecular formula is C23H34N4O5. The lowest BCUT2D eigenvalue weighted by Gasteiger charge is -2.34. The van der Waals surface area contributed by atoms with Crippen LogP contribution in [0.25, 0.3) is 0 Å². The second kappa shape index (κ2) is 11.0. The average molecular weight is 447 g/mol. The monoisotopic (exact) mass is 446 g/mol. The molecule has 0 radical (unpaired) electrons. The van der Waals surface area contributed by atoms with Gasteiger partial charge >= 0.3 is 0 Å². The summed E-state index contributed by atoms with van der Waals surface area (Å²) in [6, 6.07) is -0.333. The van der Waals surface area contributed by atoms with E-state index in [0.29, 0.717) is 56.5 Å². The van der Waals surface area contributed by atoms with Crippen LogP contribution in [0.3, 0.4) is 0 Å². The molecule has 1 aromatic heterocycles. The molecule has 0 spiro atoms. The van der Waals surface area contributed by atoms with Crippen LogP contribution in [0.1, 0.15) is 50.2 Å². The van der Waals surface area contributed by atoms with E-state index in [2.05, 4.69) is 20.4 Å². The molecule has 2 aliphatic heterocycles. The third kappa shape index (κ3) is 6.10. The molecule has 9 nitrogen and oxygen atoms in total. The number of allylic oxidation sites excluding steroid dienone is 1. The van der Waals surface area contributed by atoms with Gasteiger partial charge in [-0.15, -0.1) is 0 Å². The van der Waals surface area contributed by atoms with E-state index in [1.165, 1.54) is 0 Å². The number of hydrogen-bond donors (Lipinski definition) is 2. The van der Waals surface area contributed by atoms with Crippen molar-refractivity contribution >= 4 is 5.91 Å². The van der Waals surface area contributed by atoms with Crippen LogP contribution in [0, 0.1) is 12.8 Å². The molecule has 1 amide bonds.